The summed E-state index contributed by atoms with van der Waals surface area (Å²) < 4.78 is 0. The van der Waals surface area contributed by atoms with E-state index in [2.05, 4.69) is 0 Å². The van der Waals surface area contributed by atoms with Gasteiger partial charge in [-0.3, -0.25) is 0 Å². The highest BCUT2D eigenvalue weighted by molar-refractivity contribution is 5.85. The van der Waals surface area contributed by atoms with E-state index in [1.807, 2.05) is 30.3 Å². The Labute approximate surface area is 68.7 Å². The van der Waals surface area contributed by atoms with Crippen molar-refractivity contribution in [2.75, 3.05) is 0 Å². The second-order valence-electron chi connectivity index (χ2n) is 1.69. The molecule has 1 aromatic rings. The normalized spacial score (nSPS) is 7.30. The molecular formula is C8H14ClN. The molecule has 0 atom stereocenters. The minimum atomic E-state index is 0. The first-order chi connectivity index (χ1) is 3.93. The lowest BCUT2D eigenvalue weighted by Gasteiger charge is -1.90. The van der Waals surface area contributed by atoms with Gasteiger partial charge in [-0.2, -0.15) is 0 Å². The molecule has 0 aliphatic heterocycles. The van der Waals surface area contributed by atoms with E-state index in [9.17, 15) is 0 Å². The Balaban J connectivity index is 0. The fraction of sp³-hybridized carbons (Fsp3) is 0.250. The topological polar surface area (TPSA) is 26.0 Å². The van der Waals surface area contributed by atoms with Gasteiger partial charge in [0.2, 0.25) is 0 Å². The van der Waals surface area contributed by atoms with Crippen LogP contribution in [0.3, 0.4) is 0 Å². The smallest absolute Gasteiger partial charge is 0.0178 e. The highest BCUT2D eigenvalue weighted by atomic mass is 35.5. The summed E-state index contributed by atoms with van der Waals surface area (Å²) in [6.45, 7) is 0.640. The van der Waals surface area contributed by atoms with E-state index in [4.69, 9.17) is 5.73 Å². The molecule has 0 heterocycles. The van der Waals surface area contributed by atoms with Gasteiger partial charge in [0.1, 0.15) is 0 Å². The summed E-state index contributed by atoms with van der Waals surface area (Å²) in [7, 11) is 0. The van der Waals surface area contributed by atoms with Crippen LogP contribution >= 0.6 is 12.4 Å². The molecule has 2 N–H and O–H groups in total. The molecule has 0 radical (unpaired) electrons. The van der Waals surface area contributed by atoms with E-state index >= 15 is 0 Å². The molecular weight excluding hydrogens is 146 g/mol. The van der Waals surface area contributed by atoms with Gasteiger partial charge in [-0.15, -0.1) is 12.4 Å². The molecule has 0 aromatic heterocycles. The number of hydrogen-bond acceptors (Lipinski definition) is 1. The first-order valence-corrected chi connectivity index (χ1v) is 2.67. The molecule has 0 unspecified atom stereocenters. The van der Waals surface area contributed by atoms with Crippen LogP contribution in [-0.4, -0.2) is 0 Å². The van der Waals surface area contributed by atoms with E-state index in [-0.39, 0.29) is 19.8 Å². The van der Waals surface area contributed by atoms with Gasteiger partial charge in [-0.1, -0.05) is 37.8 Å². The summed E-state index contributed by atoms with van der Waals surface area (Å²) in [4.78, 5) is 0. The van der Waals surface area contributed by atoms with Crippen LogP contribution in [0.15, 0.2) is 30.3 Å². The molecule has 58 valence electrons. The highest BCUT2D eigenvalue weighted by Gasteiger charge is 1.80. The molecule has 0 amide bonds. The van der Waals surface area contributed by atoms with Gasteiger partial charge in [0, 0.05) is 6.54 Å². The predicted octanol–water partition coefficient (Wildman–Crippen LogP) is 2.20. The predicted molar refractivity (Wildman–Crippen MR) is 48.3 cm³/mol. The SMILES string of the molecule is C.Cl.NCc1ccccc1. The Bertz CT molecular complexity index is 151. The average Bonchev–Trinajstić information content (AvgIpc) is 1.90. The standard InChI is InChI=1S/C7H9N.CH4.ClH/c8-6-7-4-2-1-3-5-7;;/h1-5H,6,8H2;1H4;1H. The van der Waals surface area contributed by atoms with E-state index < -0.39 is 0 Å². The molecule has 0 aliphatic carbocycles. The van der Waals surface area contributed by atoms with E-state index in [0.29, 0.717) is 6.54 Å². The largest absolute Gasteiger partial charge is 0.326 e. The van der Waals surface area contributed by atoms with Crippen molar-refractivity contribution in [2.45, 2.75) is 14.0 Å². The van der Waals surface area contributed by atoms with Gasteiger partial charge in [-0.25, -0.2) is 0 Å². The zero-order valence-corrected chi connectivity index (χ0v) is 5.90. The Morgan fingerprint density at radius 3 is 1.90 bits per heavy atom. The van der Waals surface area contributed by atoms with Crippen LogP contribution in [0.4, 0.5) is 0 Å². The summed E-state index contributed by atoms with van der Waals surface area (Å²) in [6.07, 6.45) is 0. The molecule has 0 saturated carbocycles. The van der Waals surface area contributed by atoms with Crippen molar-refractivity contribution in [3.8, 4) is 0 Å². The Kier molecular flexibility index (Phi) is 8.02. The molecule has 0 spiro atoms. The zero-order chi connectivity index (χ0) is 5.82. The van der Waals surface area contributed by atoms with Gasteiger partial charge in [0.25, 0.3) is 0 Å². The lowest BCUT2D eigenvalue weighted by molar-refractivity contribution is 1.07. The van der Waals surface area contributed by atoms with Crippen molar-refractivity contribution < 1.29 is 0 Å². The van der Waals surface area contributed by atoms with Crippen LogP contribution in [0, 0.1) is 0 Å². The number of hydrogen-bond donors (Lipinski definition) is 1. The van der Waals surface area contributed by atoms with Crippen LogP contribution in [-0.2, 0) is 6.54 Å². The second-order valence-corrected chi connectivity index (χ2v) is 1.69. The van der Waals surface area contributed by atoms with Crippen LogP contribution in [0.2, 0.25) is 0 Å². The first kappa shape index (κ1) is 12.2. The van der Waals surface area contributed by atoms with E-state index in [0.717, 1.165) is 0 Å². The number of rotatable bonds is 1. The van der Waals surface area contributed by atoms with E-state index in [1.54, 1.807) is 0 Å². The monoisotopic (exact) mass is 159 g/mol. The second kappa shape index (κ2) is 6.59. The molecule has 1 aromatic carbocycles. The molecule has 10 heavy (non-hydrogen) atoms. The summed E-state index contributed by atoms with van der Waals surface area (Å²) in [5.41, 5.74) is 6.54. The maximum atomic E-state index is 5.35. The average molecular weight is 160 g/mol. The third kappa shape index (κ3) is 3.49. The number of halogens is 1. The van der Waals surface area contributed by atoms with Crippen molar-refractivity contribution in [1.29, 1.82) is 0 Å². The zero-order valence-electron chi connectivity index (χ0n) is 5.08. The fourth-order valence-corrected chi connectivity index (χ4v) is 0.614. The van der Waals surface area contributed by atoms with Crippen LogP contribution in [0.25, 0.3) is 0 Å². The fourth-order valence-electron chi connectivity index (χ4n) is 0.614. The van der Waals surface area contributed by atoms with Crippen molar-refractivity contribution in [3.63, 3.8) is 0 Å². The van der Waals surface area contributed by atoms with Crippen LogP contribution in [0.5, 0.6) is 0 Å². The summed E-state index contributed by atoms with van der Waals surface area (Å²) in [6, 6.07) is 9.99. The van der Waals surface area contributed by atoms with Gasteiger partial charge in [0.15, 0.2) is 0 Å². The highest BCUT2D eigenvalue weighted by Crippen LogP contribution is 1.94. The van der Waals surface area contributed by atoms with Crippen LogP contribution < -0.4 is 5.73 Å². The summed E-state index contributed by atoms with van der Waals surface area (Å²) in [5.74, 6) is 0. The molecule has 0 aliphatic rings. The van der Waals surface area contributed by atoms with Crippen molar-refractivity contribution in [3.05, 3.63) is 35.9 Å². The van der Waals surface area contributed by atoms with Crippen molar-refractivity contribution >= 4 is 12.4 Å². The Morgan fingerprint density at radius 1 is 1.10 bits per heavy atom. The number of nitrogens with two attached hydrogens (primary N) is 1. The van der Waals surface area contributed by atoms with Crippen LogP contribution in [0.1, 0.15) is 13.0 Å². The Hall–Kier alpha value is -0.530. The van der Waals surface area contributed by atoms with Gasteiger partial charge < -0.3 is 5.73 Å². The first-order valence-electron chi connectivity index (χ1n) is 2.67. The summed E-state index contributed by atoms with van der Waals surface area (Å²) >= 11 is 0. The third-order valence-electron chi connectivity index (χ3n) is 1.08. The van der Waals surface area contributed by atoms with Crippen molar-refractivity contribution in [1.82, 2.24) is 0 Å². The maximum Gasteiger partial charge on any atom is 0.0178 e. The molecule has 0 fully saturated rings. The summed E-state index contributed by atoms with van der Waals surface area (Å²) in [5, 5.41) is 0. The third-order valence-corrected chi connectivity index (χ3v) is 1.08. The lowest BCUT2D eigenvalue weighted by atomic mass is 10.2. The molecule has 2 heteroatoms. The molecule has 1 nitrogen and oxygen atoms in total. The minimum Gasteiger partial charge on any atom is -0.326 e. The quantitative estimate of drug-likeness (QED) is 0.668. The molecule has 0 bridgehead atoms. The lowest BCUT2D eigenvalue weighted by Crippen LogP contribution is -1.94. The molecule has 1 rings (SSSR count). The van der Waals surface area contributed by atoms with E-state index in [1.165, 1.54) is 5.56 Å². The maximum absolute atomic E-state index is 5.35. The Morgan fingerprint density at radius 2 is 1.60 bits per heavy atom. The minimum absolute atomic E-state index is 0. The molecule has 0 saturated heterocycles. The van der Waals surface area contributed by atoms with Gasteiger partial charge in [0.05, 0.1) is 0 Å². The van der Waals surface area contributed by atoms with Gasteiger partial charge >= 0.3 is 0 Å². The van der Waals surface area contributed by atoms with Gasteiger partial charge in [-0.05, 0) is 5.56 Å². The number of benzene rings is 1. The van der Waals surface area contributed by atoms with Crippen molar-refractivity contribution in [2.24, 2.45) is 5.73 Å².